The molecule has 0 aromatic heterocycles. The fraction of sp³-hybridized carbons (Fsp3) is 0.941. The third-order valence-corrected chi connectivity index (χ3v) is 5.19. The molecule has 2 saturated carbocycles. The fourth-order valence-corrected chi connectivity index (χ4v) is 3.60. The summed E-state index contributed by atoms with van der Waals surface area (Å²) in [5, 5.41) is 12.8. The SMILES string of the molecule is CCN(CCCC(C)(NC1CC1)C(=O)O)C1CCCCC1. The summed E-state index contributed by atoms with van der Waals surface area (Å²) < 4.78 is 0. The molecular weight excluding hydrogens is 264 g/mol. The molecule has 1 unspecified atom stereocenters. The van der Waals surface area contributed by atoms with Gasteiger partial charge in [-0.1, -0.05) is 26.2 Å². The van der Waals surface area contributed by atoms with Crippen molar-refractivity contribution in [2.75, 3.05) is 13.1 Å². The first-order valence-electron chi connectivity index (χ1n) is 8.80. The van der Waals surface area contributed by atoms with E-state index >= 15 is 0 Å². The number of aliphatic carboxylic acids is 1. The molecule has 2 fully saturated rings. The number of hydrogen-bond acceptors (Lipinski definition) is 3. The van der Waals surface area contributed by atoms with E-state index in [2.05, 4.69) is 17.1 Å². The summed E-state index contributed by atoms with van der Waals surface area (Å²) in [5.74, 6) is -0.699. The van der Waals surface area contributed by atoms with Gasteiger partial charge in [0, 0.05) is 12.1 Å². The standard InChI is InChI=1S/C17H32N2O2/c1-3-19(15-8-5-4-6-9-15)13-7-12-17(2,16(20)21)18-14-10-11-14/h14-15,18H,3-13H2,1-2H3,(H,20,21). The van der Waals surface area contributed by atoms with E-state index in [0.717, 1.165) is 44.8 Å². The first-order valence-corrected chi connectivity index (χ1v) is 8.80. The van der Waals surface area contributed by atoms with Crippen molar-refractivity contribution in [3.05, 3.63) is 0 Å². The van der Waals surface area contributed by atoms with E-state index in [4.69, 9.17) is 0 Å². The van der Waals surface area contributed by atoms with Gasteiger partial charge in [-0.2, -0.15) is 0 Å². The van der Waals surface area contributed by atoms with E-state index in [-0.39, 0.29) is 0 Å². The van der Waals surface area contributed by atoms with Crippen molar-refractivity contribution in [2.45, 2.75) is 89.3 Å². The van der Waals surface area contributed by atoms with Gasteiger partial charge in [0.1, 0.15) is 5.54 Å². The maximum atomic E-state index is 11.6. The van der Waals surface area contributed by atoms with Crippen molar-refractivity contribution in [3.63, 3.8) is 0 Å². The van der Waals surface area contributed by atoms with Crippen molar-refractivity contribution in [1.29, 1.82) is 0 Å². The Balaban J connectivity index is 1.78. The van der Waals surface area contributed by atoms with Crippen LogP contribution >= 0.6 is 0 Å². The quantitative estimate of drug-likeness (QED) is 0.687. The average molecular weight is 296 g/mol. The molecule has 4 nitrogen and oxygen atoms in total. The maximum Gasteiger partial charge on any atom is 0.323 e. The summed E-state index contributed by atoms with van der Waals surface area (Å²) in [7, 11) is 0. The van der Waals surface area contributed by atoms with Crippen molar-refractivity contribution >= 4 is 5.97 Å². The van der Waals surface area contributed by atoms with E-state index < -0.39 is 11.5 Å². The van der Waals surface area contributed by atoms with Crippen molar-refractivity contribution in [3.8, 4) is 0 Å². The molecule has 0 saturated heterocycles. The molecule has 4 heteroatoms. The van der Waals surface area contributed by atoms with Crippen LogP contribution in [0.5, 0.6) is 0 Å². The first-order chi connectivity index (χ1) is 10.0. The zero-order chi connectivity index (χ0) is 15.3. The number of rotatable bonds is 9. The van der Waals surface area contributed by atoms with E-state index in [1.54, 1.807) is 0 Å². The highest BCUT2D eigenvalue weighted by Gasteiger charge is 2.38. The molecular formula is C17H32N2O2. The molecule has 1 atom stereocenters. The number of hydrogen-bond donors (Lipinski definition) is 2. The maximum absolute atomic E-state index is 11.6. The van der Waals surface area contributed by atoms with Crippen LogP contribution in [0.25, 0.3) is 0 Å². The Bertz CT molecular complexity index is 338. The molecule has 2 aliphatic carbocycles. The van der Waals surface area contributed by atoms with Gasteiger partial charge in [0.2, 0.25) is 0 Å². The average Bonchev–Trinajstić information content (AvgIpc) is 3.28. The van der Waals surface area contributed by atoms with Crippen molar-refractivity contribution < 1.29 is 9.90 Å². The largest absolute Gasteiger partial charge is 0.480 e. The molecule has 2 aliphatic rings. The molecule has 2 rings (SSSR count). The Hall–Kier alpha value is -0.610. The number of nitrogens with zero attached hydrogens (tertiary/aromatic N) is 1. The predicted octanol–water partition coefficient (Wildman–Crippen LogP) is 3.02. The minimum absolute atomic E-state index is 0.437. The van der Waals surface area contributed by atoms with Crippen LogP contribution in [0.3, 0.4) is 0 Å². The summed E-state index contributed by atoms with van der Waals surface area (Å²) in [4.78, 5) is 14.1. The highest BCUT2D eigenvalue weighted by Crippen LogP contribution is 2.26. The van der Waals surface area contributed by atoms with Gasteiger partial charge in [0.15, 0.2) is 0 Å². The minimum Gasteiger partial charge on any atom is -0.480 e. The van der Waals surface area contributed by atoms with Crippen LogP contribution in [0.1, 0.15) is 71.6 Å². The molecule has 0 spiro atoms. The van der Waals surface area contributed by atoms with Gasteiger partial charge in [0.25, 0.3) is 0 Å². The Morgan fingerprint density at radius 3 is 2.43 bits per heavy atom. The second kappa shape index (κ2) is 7.59. The Labute approximate surface area is 129 Å². The Morgan fingerprint density at radius 1 is 1.24 bits per heavy atom. The molecule has 0 bridgehead atoms. The number of carbonyl (C=O) groups is 1. The van der Waals surface area contributed by atoms with Crippen LogP contribution in [-0.2, 0) is 4.79 Å². The van der Waals surface area contributed by atoms with Crippen LogP contribution in [0, 0.1) is 0 Å². The zero-order valence-corrected chi connectivity index (χ0v) is 13.7. The molecule has 0 aromatic carbocycles. The molecule has 0 amide bonds. The van der Waals surface area contributed by atoms with Crippen LogP contribution < -0.4 is 5.32 Å². The molecule has 21 heavy (non-hydrogen) atoms. The van der Waals surface area contributed by atoms with Gasteiger partial charge >= 0.3 is 5.97 Å². The lowest BCUT2D eigenvalue weighted by atomic mass is 9.92. The van der Waals surface area contributed by atoms with E-state index in [9.17, 15) is 9.90 Å². The lowest BCUT2D eigenvalue weighted by Gasteiger charge is -2.34. The van der Waals surface area contributed by atoms with Gasteiger partial charge in [0.05, 0.1) is 0 Å². The summed E-state index contributed by atoms with van der Waals surface area (Å²) in [6.45, 7) is 6.21. The fourth-order valence-electron chi connectivity index (χ4n) is 3.60. The summed E-state index contributed by atoms with van der Waals surface area (Å²) in [6, 6.07) is 1.17. The minimum atomic E-state index is -0.743. The predicted molar refractivity (Wildman–Crippen MR) is 85.6 cm³/mol. The monoisotopic (exact) mass is 296 g/mol. The highest BCUT2D eigenvalue weighted by molar-refractivity contribution is 5.78. The van der Waals surface area contributed by atoms with E-state index in [1.165, 1.54) is 32.1 Å². The number of carboxylic acids is 1. The molecule has 2 N–H and O–H groups in total. The van der Waals surface area contributed by atoms with E-state index in [1.807, 2.05) is 6.92 Å². The highest BCUT2D eigenvalue weighted by atomic mass is 16.4. The molecule has 0 heterocycles. The van der Waals surface area contributed by atoms with Crippen molar-refractivity contribution in [1.82, 2.24) is 10.2 Å². The van der Waals surface area contributed by atoms with Crippen LogP contribution in [-0.4, -0.2) is 46.7 Å². The Morgan fingerprint density at radius 2 is 1.90 bits per heavy atom. The number of carboxylic acid groups (broad SMARTS) is 1. The summed E-state index contributed by atoms with van der Waals surface area (Å²) in [5.41, 5.74) is -0.743. The zero-order valence-electron chi connectivity index (χ0n) is 13.7. The molecule has 0 aliphatic heterocycles. The summed E-state index contributed by atoms with van der Waals surface area (Å²) in [6.07, 6.45) is 10.7. The molecule has 122 valence electrons. The van der Waals surface area contributed by atoms with Gasteiger partial charge in [-0.3, -0.25) is 10.1 Å². The van der Waals surface area contributed by atoms with Gasteiger partial charge in [-0.15, -0.1) is 0 Å². The second-order valence-corrected chi connectivity index (χ2v) is 7.08. The first kappa shape index (κ1) is 16.8. The third-order valence-electron chi connectivity index (χ3n) is 5.19. The number of nitrogens with one attached hydrogen (secondary N) is 1. The Kier molecular flexibility index (Phi) is 6.06. The van der Waals surface area contributed by atoms with Crippen LogP contribution in [0.15, 0.2) is 0 Å². The lowest BCUT2D eigenvalue weighted by molar-refractivity contribution is -0.144. The molecule has 0 radical (unpaired) electrons. The topological polar surface area (TPSA) is 52.6 Å². The van der Waals surface area contributed by atoms with Gasteiger partial charge < -0.3 is 10.0 Å². The van der Waals surface area contributed by atoms with Gasteiger partial charge in [-0.05, 0) is 58.5 Å². The second-order valence-electron chi connectivity index (χ2n) is 7.08. The van der Waals surface area contributed by atoms with Crippen molar-refractivity contribution in [2.24, 2.45) is 0 Å². The third kappa shape index (κ3) is 4.96. The molecule has 0 aromatic rings. The normalized spacial score (nSPS) is 23.2. The van der Waals surface area contributed by atoms with Crippen LogP contribution in [0.4, 0.5) is 0 Å². The lowest BCUT2D eigenvalue weighted by Crippen LogP contribution is -2.51. The van der Waals surface area contributed by atoms with E-state index in [0.29, 0.717) is 6.04 Å². The smallest absolute Gasteiger partial charge is 0.323 e. The van der Waals surface area contributed by atoms with Gasteiger partial charge in [-0.25, -0.2) is 0 Å². The van der Waals surface area contributed by atoms with Crippen LogP contribution in [0.2, 0.25) is 0 Å². The summed E-state index contributed by atoms with van der Waals surface area (Å²) >= 11 is 0.